The van der Waals surface area contributed by atoms with Gasteiger partial charge in [0.15, 0.2) is 11.5 Å². The molecule has 0 aliphatic heterocycles. The minimum Gasteiger partial charge on any atom is -0.490 e. The Bertz CT molecular complexity index is 799. The third-order valence-corrected chi connectivity index (χ3v) is 3.96. The lowest BCUT2D eigenvalue weighted by Crippen LogP contribution is -2.17. The Morgan fingerprint density at radius 3 is 2.81 bits per heavy atom. The summed E-state index contributed by atoms with van der Waals surface area (Å²) in [5, 5.41) is 12.3. The Hall–Kier alpha value is -2.57. The van der Waals surface area contributed by atoms with Crippen LogP contribution in [0.5, 0.6) is 11.5 Å². The van der Waals surface area contributed by atoms with Gasteiger partial charge in [0.1, 0.15) is 12.4 Å². The van der Waals surface area contributed by atoms with Crippen molar-refractivity contribution in [2.75, 3.05) is 26.4 Å². The van der Waals surface area contributed by atoms with E-state index in [-0.39, 0.29) is 13.2 Å². The van der Waals surface area contributed by atoms with Crippen LogP contribution in [-0.2, 0) is 13.0 Å². The van der Waals surface area contributed by atoms with Gasteiger partial charge in [0.2, 0.25) is 0 Å². The number of aliphatic hydroxyl groups excluding tert-OH is 1. The van der Waals surface area contributed by atoms with Gasteiger partial charge in [-0.1, -0.05) is 18.2 Å². The van der Waals surface area contributed by atoms with E-state index < -0.39 is 0 Å². The fourth-order valence-corrected chi connectivity index (χ4v) is 2.77. The van der Waals surface area contributed by atoms with Crippen molar-refractivity contribution in [3.05, 3.63) is 53.9 Å². The summed E-state index contributed by atoms with van der Waals surface area (Å²) in [4.78, 5) is 7.92. The maximum absolute atomic E-state index is 8.90. The molecule has 0 aliphatic rings. The Balaban J connectivity index is 1.52. The summed E-state index contributed by atoms with van der Waals surface area (Å²) in [6, 6.07) is 13.9. The molecule has 0 unspecified atom stereocenters. The van der Waals surface area contributed by atoms with Crippen molar-refractivity contribution in [2.45, 2.75) is 19.9 Å². The van der Waals surface area contributed by atoms with Crippen molar-refractivity contribution in [3.8, 4) is 11.5 Å². The molecule has 0 fully saturated rings. The molecule has 3 N–H and O–H groups in total. The topological polar surface area (TPSA) is 79.4 Å². The number of aromatic amines is 1. The normalized spacial score (nSPS) is 11.0. The molecule has 0 atom stereocenters. The van der Waals surface area contributed by atoms with E-state index in [4.69, 9.17) is 14.6 Å². The summed E-state index contributed by atoms with van der Waals surface area (Å²) in [5.74, 6) is 2.35. The van der Waals surface area contributed by atoms with Gasteiger partial charge in [-0.25, -0.2) is 4.98 Å². The van der Waals surface area contributed by atoms with Gasteiger partial charge in [0.25, 0.3) is 0 Å². The van der Waals surface area contributed by atoms with Gasteiger partial charge in [-0.2, -0.15) is 0 Å². The fraction of sp³-hybridized carbons (Fsp3) is 0.350. The van der Waals surface area contributed by atoms with Gasteiger partial charge >= 0.3 is 0 Å². The predicted molar refractivity (Wildman–Crippen MR) is 102 cm³/mol. The molecule has 0 aliphatic carbocycles. The summed E-state index contributed by atoms with van der Waals surface area (Å²) in [6.07, 6.45) is 0.838. The Kier molecular flexibility index (Phi) is 6.46. The lowest BCUT2D eigenvalue weighted by Gasteiger charge is -2.13. The van der Waals surface area contributed by atoms with Crippen LogP contribution in [0.1, 0.15) is 18.3 Å². The second-order valence-electron chi connectivity index (χ2n) is 5.91. The number of aromatic nitrogens is 2. The van der Waals surface area contributed by atoms with Crippen molar-refractivity contribution in [3.63, 3.8) is 0 Å². The highest BCUT2D eigenvalue weighted by atomic mass is 16.5. The average Bonchev–Trinajstić information content (AvgIpc) is 3.07. The SMILES string of the molecule is CCOc1cc(CNCCc2nc3ccccc3[nH]2)ccc1OCCO. The number of hydrogen-bond acceptors (Lipinski definition) is 5. The number of nitrogens with one attached hydrogen (secondary N) is 2. The Morgan fingerprint density at radius 1 is 1.12 bits per heavy atom. The Morgan fingerprint density at radius 2 is 2.00 bits per heavy atom. The van der Waals surface area contributed by atoms with E-state index in [2.05, 4.69) is 15.3 Å². The molecule has 3 rings (SSSR count). The second kappa shape index (κ2) is 9.22. The quantitative estimate of drug-likeness (QED) is 0.487. The zero-order valence-electron chi connectivity index (χ0n) is 15.0. The summed E-state index contributed by atoms with van der Waals surface area (Å²) >= 11 is 0. The predicted octanol–water partition coefficient (Wildman–Crippen LogP) is 2.67. The van der Waals surface area contributed by atoms with Crippen LogP contribution in [0.25, 0.3) is 11.0 Å². The molecule has 1 aromatic heterocycles. The molecule has 0 radical (unpaired) electrons. The highest BCUT2D eigenvalue weighted by Crippen LogP contribution is 2.28. The number of rotatable bonds is 10. The average molecular weight is 355 g/mol. The van der Waals surface area contributed by atoms with Crippen LogP contribution < -0.4 is 14.8 Å². The second-order valence-corrected chi connectivity index (χ2v) is 5.91. The van der Waals surface area contributed by atoms with Gasteiger partial charge in [0.05, 0.1) is 24.2 Å². The minimum absolute atomic E-state index is 0.0172. The highest BCUT2D eigenvalue weighted by molar-refractivity contribution is 5.74. The number of imidazole rings is 1. The van der Waals surface area contributed by atoms with E-state index in [1.54, 1.807) is 0 Å². The summed E-state index contributed by atoms with van der Waals surface area (Å²) in [6.45, 7) is 4.31. The van der Waals surface area contributed by atoms with Gasteiger partial charge in [-0.05, 0) is 36.8 Å². The maximum Gasteiger partial charge on any atom is 0.161 e. The van der Waals surface area contributed by atoms with Crippen molar-refractivity contribution in [1.82, 2.24) is 15.3 Å². The Labute approximate surface area is 153 Å². The summed E-state index contributed by atoms with van der Waals surface area (Å²) in [7, 11) is 0. The van der Waals surface area contributed by atoms with Crippen molar-refractivity contribution < 1.29 is 14.6 Å². The molecule has 3 aromatic rings. The summed E-state index contributed by atoms with van der Waals surface area (Å²) < 4.78 is 11.1. The lowest BCUT2D eigenvalue weighted by molar-refractivity contribution is 0.194. The number of ether oxygens (including phenoxy) is 2. The van der Waals surface area contributed by atoms with Gasteiger partial charge < -0.3 is 24.9 Å². The monoisotopic (exact) mass is 355 g/mol. The number of fused-ring (bicyclic) bond motifs is 1. The number of H-pyrrole nitrogens is 1. The van der Waals surface area contributed by atoms with Crippen LogP contribution in [0.3, 0.4) is 0 Å². The molecule has 2 aromatic carbocycles. The molecule has 0 spiro atoms. The van der Waals surface area contributed by atoms with E-state index in [0.29, 0.717) is 18.1 Å². The van der Waals surface area contributed by atoms with Gasteiger partial charge in [0, 0.05) is 19.5 Å². The first-order valence-electron chi connectivity index (χ1n) is 8.94. The van der Waals surface area contributed by atoms with Gasteiger partial charge in [-0.3, -0.25) is 0 Å². The van der Waals surface area contributed by atoms with Crippen LogP contribution in [0.2, 0.25) is 0 Å². The number of benzene rings is 2. The van der Waals surface area contributed by atoms with Crippen LogP contribution in [0.4, 0.5) is 0 Å². The minimum atomic E-state index is -0.0172. The molecule has 1 heterocycles. The van der Waals surface area contributed by atoms with E-state index in [1.807, 2.05) is 49.4 Å². The number of para-hydroxylation sites is 2. The molecule has 0 saturated carbocycles. The van der Waals surface area contributed by atoms with Crippen LogP contribution in [0.15, 0.2) is 42.5 Å². The van der Waals surface area contributed by atoms with Crippen molar-refractivity contribution >= 4 is 11.0 Å². The molecule has 26 heavy (non-hydrogen) atoms. The fourth-order valence-electron chi connectivity index (χ4n) is 2.77. The van der Waals surface area contributed by atoms with Crippen LogP contribution in [-0.4, -0.2) is 41.4 Å². The largest absolute Gasteiger partial charge is 0.490 e. The third-order valence-electron chi connectivity index (χ3n) is 3.96. The molecule has 138 valence electrons. The maximum atomic E-state index is 8.90. The van der Waals surface area contributed by atoms with E-state index in [9.17, 15) is 0 Å². The molecule has 6 nitrogen and oxygen atoms in total. The zero-order valence-corrected chi connectivity index (χ0v) is 15.0. The van der Waals surface area contributed by atoms with E-state index in [1.165, 1.54) is 0 Å². The zero-order chi connectivity index (χ0) is 18.2. The number of aliphatic hydroxyl groups is 1. The van der Waals surface area contributed by atoms with E-state index >= 15 is 0 Å². The highest BCUT2D eigenvalue weighted by Gasteiger charge is 2.07. The van der Waals surface area contributed by atoms with Crippen molar-refractivity contribution in [1.29, 1.82) is 0 Å². The molecular formula is C20H25N3O3. The number of hydrogen-bond donors (Lipinski definition) is 3. The standard InChI is InChI=1S/C20H25N3O3/c1-2-25-19-13-15(7-8-18(19)26-12-11-24)14-21-10-9-20-22-16-5-3-4-6-17(16)23-20/h3-8,13,21,24H,2,9-12,14H2,1H3,(H,22,23). The molecule has 0 bridgehead atoms. The molecule has 0 saturated heterocycles. The first-order chi connectivity index (χ1) is 12.8. The first-order valence-corrected chi connectivity index (χ1v) is 8.94. The summed E-state index contributed by atoms with van der Waals surface area (Å²) in [5.41, 5.74) is 3.19. The molecule has 0 amide bonds. The van der Waals surface area contributed by atoms with Crippen molar-refractivity contribution in [2.24, 2.45) is 0 Å². The molecular weight excluding hydrogens is 330 g/mol. The van der Waals surface area contributed by atoms with Crippen LogP contribution in [0, 0.1) is 0 Å². The van der Waals surface area contributed by atoms with Gasteiger partial charge in [-0.15, -0.1) is 0 Å². The first kappa shape index (κ1) is 18.2. The van der Waals surface area contributed by atoms with E-state index in [0.717, 1.165) is 41.9 Å². The van der Waals surface area contributed by atoms with Crippen LogP contribution >= 0.6 is 0 Å². The lowest BCUT2D eigenvalue weighted by atomic mass is 10.2. The smallest absolute Gasteiger partial charge is 0.161 e. The number of nitrogens with zero attached hydrogens (tertiary/aromatic N) is 1. The molecule has 6 heteroatoms. The third kappa shape index (κ3) is 4.74.